The van der Waals surface area contributed by atoms with E-state index in [4.69, 9.17) is 10.5 Å². The predicted molar refractivity (Wildman–Crippen MR) is 63.6 cm³/mol. The first-order valence-electron chi connectivity index (χ1n) is 5.58. The molecule has 1 aromatic rings. The topological polar surface area (TPSA) is 111 Å². The van der Waals surface area contributed by atoms with Crippen molar-refractivity contribution in [2.24, 2.45) is 0 Å². The van der Waals surface area contributed by atoms with Crippen LogP contribution in [-0.4, -0.2) is 38.1 Å². The first-order chi connectivity index (χ1) is 8.93. The number of hydrogen-bond donors (Lipinski definition) is 3. The Kier molecular flexibility index (Phi) is 3.40. The van der Waals surface area contributed by atoms with Gasteiger partial charge in [-0.15, -0.1) is 6.58 Å². The van der Waals surface area contributed by atoms with Crippen LogP contribution in [0.5, 0.6) is 0 Å². The number of nitrogens with zero attached hydrogens (tertiary/aromatic N) is 2. The van der Waals surface area contributed by atoms with Crippen LogP contribution in [0.2, 0.25) is 0 Å². The van der Waals surface area contributed by atoms with E-state index in [0.29, 0.717) is 0 Å². The number of aromatic nitrogens is 2. The molecule has 19 heavy (non-hydrogen) atoms. The maximum Gasteiger partial charge on any atom is 0.351 e. The fourth-order valence-corrected chi connectivity index (χ4v) is 2.00. The largest absolute Gasteiger partial charge is 0.393 e. The molecule has 1 fully saturated rings. The van der Waals surface area contributed by atoms with E-state index < -0.39 is 41.9 Å². The van der Waals surface area contributed by atoms with Gasteiger partial charge >= 0.3 is 5.69 Å². The molecule has 0 aromatic carbocycles. The molecule has 2 rings (SSSR count). The van der Waals surface area contributed by atoms with Crippen molar-refractivity contribution in [3.05, 3.63) is 35.2 Å². The van der Waals surface area contributed by atoms with Crippen molar-refractivity contribution < 1.29 is 19.3 Å². The average molecular weight is 271 g/mol. The minimum Gasteiger partial charge on any atom is -0.393 e. The van der Waals surface area contributed by atoms with E-state index in [1.807, 2.05) is 0 Å². The molecule has 0 unspecified atom stereocenters. The number of aliphatic hydroxyl groups is 2. The molecule has 3 atom stereocenters. The molecule has 2 heterocycles. The van der Waals surface area contributed by atoms with Crippen molar-refractivity contribution in [1.29, 1.82) is 0 Å². The van der Waals surface area contributed by atoms with Crippen molar-refractivity contribution in [2.75, 3.05) is 12.3 Å². The van der Waals surface area contributed by atoms with Gasteiger partial charge in [-0.3, -0.25) is 4.57 Å². The minimum absolute atomic E-state index is 0.00246. The third kappa shape index (κ3) is 2.14. The van der Waals surface area contributed by atoms with E-state index in [1.54, 1.807) is 0 Å². The normalized spacial score (nSPS) is 30.5. The number of nitrogen functional groups attached to an aromatic ring is 1. The van der Waals surface area contributed by atoms with E-state index in [9.17, 15) is 19.4 Å². The van der Waals surface area contributed by atoms with Gasteiger partial charge in [-0.25, -0.2) is 9.18 Å². The Hall–Kier alpha value is -1.77. The lowest BCUT2D eigenvalue weighted by molar-refractivity contribution is -0.0975. The Morgan fingerprint density at radius 2 is 2.47 bits per heavy atom. The Balaban J connectivity index is 2.38. The summed E-state index contributed by atoms with van der Waals surface area (Å²) in [7, 11) is 0. The molecule has 1 aromatic heterocycles. The van der Waals surface area contributed by atoms with Crippen LogP contribution in [-0.2, 0) is 4.74 Å². The van der Waals surface area contributed by atoms with Crippen molar-refractivity contribution >= 4 is 5.82 Å². The van der Waals surface area contributed by atoms with Crippen molar-refractivity contribution in [3.63, 3.8) is 0 Å². The monoisotopic (exact) mass is 271 g/mol. The first kappa shape index (κ1) is 13.7. The van der Waals surface area contributed by atoms with Gasteiger partial charge in [0.2, 0.25) is 0 Å². The summed E-state index contributed by atoms with van der Waals surface area (Å²) >= 11 is 0. The number of halogens is 1. The number of aliphatic hydroxyl groups excluding tert-OH is 2. The molecule has 0 bridgehead atoms. The third-order valence-corrected chi connectivity index (χ3v) is 3.18. The quantitative estimate of drug-likeness (QED) is 0.618. The smallest absolute Gasteiger partial charge is 0.351 e. The second-order valence-corrected chi connectivity index (χ2v) is 4.31. The molecule has 1 aliphatic rings. The van der Waals surface area contributed by atoms with Gasteiger partial charge in [0.15, 0.2) is 11.6 Å². The predicted octanol–water partition coefficient (Wildman–Crippen LogP) is -0.839. The SMILES string of the molecule is C=C[C@]1(CO)O[C@@H](n2cc(F)c(N)nc2=O)C[C@@H]1O. The first-order valence-corrected chi connectivity index (χ1v) is 5.58. The number of hydrogen-bond acceptors (Lipinski definition) is 6. The molecule has 4 N–H and O–H groups in total. The number of nitrogens with two attached hydrogens (primary N) is 1. The molecule has 0 aliphatic carbocycles. The zero-order valence-corrected chi connectivity index (χ0v) is 9.99. The summed E-state index contributed by atoms with van der Waals surface area (Å²) in [4.78, 5) is 14.9. The van der Waals surface area contributed by atoms with Gasteiger partial charge in [-0.2, -0.15) is 4.98 Å². The molecule has 0 amide bonds. The van der Waals surface area contributed by atoms with E-state index >= 15 is 0 Å². The van der Waals surface area contributed by atoms with Crippen LogP contribution in [0.1, 0.15) is 12.6 Å². The maximum atomic E-state index is 13.3. The van der Waals surface area contributed by atoms with E-state index in [-0.39, 0.29) is 6.42 Å². The molecular weight excluding hydrogens is 257 g/mol. The van der Waals surface area contributed by atoms with Gasteiger partial charge in [0.1, 0.15) is 11.8 Å². The second kappa shape index (κ2) is 4.72. The van der Waals surface area contributed by atoms with Crippen LogP contribution in [0.4, 0.5) is 10.2 Å². The number of rotatable bonds is 3. The van der Waals surface area contributed by atoms with Gasteiger partial charge in [0.05, 0.1) is 18.9 Å². The number of anilines is 1. The minimum atomic E-state index is -1.37. The molecule has 1 saturated heterocycles. The van der Waals surface area contributed by atoms with Gasteiger partial charge in [-0.1, -0.05) is 6.08 Å². The maximum absolute atomic E-state index is 13.3. The Labute approximate surface area is 107 Å². The van der Waals surface area contributed by atoms with Gasteiger partial charge in [0, 0.05) is 6.42 Å². The second-order valence-electron chi connectivity index (χ2n) is 4.31. The highest BCUT2D eigenvalue weighted by Crippen LogP contribution is 2.36. The highest BCUT2D eigenvalue weighted by atomic mass is 19.1. The fourth-order valence-electron chi connectivity index (χ4n) is 2.00. The van der Waals surface area contributed by atoms with E-state index in [1.165, 1.54) is 6.08 Å². The molecule has 8 heteroatoms. The lowest BCUT2D eigenvalue weighted by atomic mass is 9.98. The lowest BCUT2D eigenvalue weighted by Gasteiger charge is -2.26. The summed E-state index contributed by atoms with van der Waals surface area (Å²) < 4.78 is 19.6. The zero-order chi connectivity index (χ0) is 14.2. The van der Waals surface area contributed by atoms with Crippen molar-refractivity contribution in [1.82, 2.24) is 9.55 Å². The number of ether oxygens (including phenoxy) is 1. The van der Waals surface area contributed by atoms with Crippen molar-refractivity contribution in [2.45, 2.75) is 24.4 Å². The highest BCUT2D eigenvalue weighted by Gasteiger charge is 2.46. The molecule has 7 nitrogen and oxygen atoms in total. The zero-order valence-electron chi connectivity index (χ0n) is 9.99. The van der Waals surface area contributed by atoms with Gasteiger partial charge < -0.3 is 20.7 Å². The summed E-state index contributed by atoms with van der Waals surface area (Å²) in [6, 6.07) is 0. The lowest BCUT2D eigenvalue weighted by Crippen LogP contribution is -2.41. The molecule has 1 aliphatic heterocycles. The standard InChI is InChI=1S/C11H14FN3O4/c1-2-11(5-16)7(17)3-8(19-11)15-4-6(12)9(13)14-10(15)18/h2,4,7-8,16-17H,1,3,5H2,(H2,13,14,18)/t7-,8+,11+/m0/s1. The summed E-state index contributed by atoms with van der Waals surface area (Å²) in [6.07, 6.45) is 0.0997. The van der Waals surface area contributed by atoms with Crippen LogP contribution >= 0.6 is 0 Å². The molecule has 104 valence electrons. The van der Waals surface area contributed by atoms with Gasteiger partial charge in [0.25, 0.3) is 0 Å². The molecular formula is C11H14FN3O4. The highest BCUT2D eigenvalue weighted by molar-refractivity contribution is 5.26. The van der Waals surface area contributed by atoms with E-state index in [0.717, 1.165) is 10.8 Å². The summed E-state index contributed by atoms with van der Waals surface area (Å²) in [5.41, 5.74) is 3.00. The van der Waals surface area contributed by atoms with Crippen LogP contribution in [0.3, 0.4) is 0 Å². The van der Waals surface area contributed by atoms with Crippen LogP contribution < -0.4 is 11.4 Å². The molecule has 0 radical (unpaired) electrons. The van der Waals surface area contributed by atoms with Crippen molar-refractivity contribution in [3.8, 4) is 0 Å². The molecule has 0 spiro atoms. The Morgan fingerprint density at radius 3 is 3.00 bits per heavy atom. The Morgan fingerprint density at radius 1 is 1.79 bits per heavy atom. The summed E-state index contributed by atoms with van der Waals surface area (Å²) in [5.74, 6) is -1.37. The van der Waals surface area contributed by atoms with Crippen LogP contribution in [0, 0.1) is 5.82 Å². The van der Waals surface area contributed by atoms with Crippen LogP contribution in [0.15, 0.2) is 23.6 Å². The molecule has 0 saturated carbocycles. The van der Waals surface area contributed by atoms with Crippen LogP contribution in [0.25, 0.3) is 0 Å². The fraction of sp³-hybridized carbons (Fsp3) is 0.455. The van der Waals surface area contributed by atoms with E-state index in [2.05, 4.69) is 11.6 Å². The summed E-state index contributed by atoms with van der Waals surface area (Å²) in [5, 5.41) is 19.1. The third-order valence-electron chi connectivity index (χ3n) is 3.18. The summed E-state index contributed by atoms with van der Waals surface area (Å²) in [6.45, 7) is 2.97. The Bertz CT molecular complexity index is 561. The average Bonchev–Trinajstić information content (AvgIpc) is 2.71. The van der Waals surface area contributed by atoms with Gasteiger partial charge in [-0.05, 0) is 0 Å².